The van der Waals surface area contributed by atoms with Crippen molar-refractivity contribution in [3.8, 4) is 11.4 Å². The maximum absolute atomic E-state index is 14.1. The first-order chi connectivity index (χ1) is 13.2. The van der Waals surface area contributed by atoms with E-state index < -0.39 is 5.82 Å². The molecule has 136 valence electrons. The Morgan fingerprint density at radius 2 is 1.89 bits per heavy atom. The molecule has 3 aromatic rings. The Morgan fingerprint density at radius 3 is 2.70 bits per heavy atom. The van der Waals surface area contributed by atoms with Crippen molar-refractivity contribution in [1.29, 1.82) is 0 Å². The fraction of sp³-hybridized carbons (Fsp3) is 0.300. The number of benzene rings is 1. The van der Waals surface area contributed by atoms with E-state index in [1.54, 1.807) is 0 Å². The van der Waals surface area contributed by atoms with Crippen LogP contribution in [0.15, 0.2) is 48.8 Å². The average molecular weight is 363 g/mol. The second-order valence-electron chi connectivity index (χ2n) is 7.07. The summed E-state index contributed by atoms with van der Waals surface area (Å²) in [6, 6.07) is 11.4. The molecule has 4 heterocycles. The molecule has 0 aliphatic carbocycles. The zero-order valence-electron chi connectivity index (χ0n) is 14.6. The average Bonchev–Trinajstić information content (AvgIpc) is 3.22. The van der Waals surface area contributed by atoms with Gasteiger partial charge < -0.3 is 9.47 Å². The Hall–Kier alpha value is -3.09. The summed E-state index contributed by atoms with van der Waals surface area (Å²) in [5, 5.41) is 8.78. The maximum Gasteiger partial charge on any atom is 0.257 e. The van der Waals surface area contributed by atoms with E-state index in [1.807, 2.05) is 35.2 Å². The summed E-state index contributed by atoms with van der Waals surface area (Å²) in [6.07, 6.45) is 4.98. The predicted octanol–water partition coefficient (Wildman–Crippen LogP) is 2.71. The third-order valence-corrected chi connectivity index (χ3v) is 5.53. The predicted molar refractivity (Wildman–Crippen MR) is 96.3 cm³/mol. The van der Waals surface area contributed by atoms with Gasteiger partial charge >= 0.3 is 0 Å². The molecule has 0 radical (unpaired) electrons. The first-order valence-electron chi connectivity index (χ1n) is 9.12. The second kappa shape index (κ2) is 6.26. The lowest BCUT2D eigenvalue weighted by molar-refractivity contribution is 0.0661. The number of amides is 1. The molecule has 1 aromatic carbocycles. The number of rotatable bonds is 2. The van der Waals surface area contributed by atoms with Gasteiger partial charge in [0.1, 0.15) is 5.82 Å². The van der Waals surface area contributed by atoms with Gasteiger partial charge in [-0.25, -0.2) is 4.39 Å². The molecular weight excluding hydrogens is 345 g/mol. The minimum atomic E-state index is -0.574. The lowest BCUT2D eigenvalue weighted by Gasteiger charge is -2.28. The summed E-state index contributed by atoms with van der Waals surface area (Å²) in [6.45, 7) is 0.626. The molecule has 7 heteroatoms. The number of carbonyl (C=O) groups is 1. The van der Waals surface area contributed by atoms with Crippen molar-refractivity contribution in [2.45, 2.75) is 37.9 Å². The van der Waals surface area contributed by atoms with Crippen LogP contribution >= 0.6 is 0 Å². The van der Waals surface area contributed by atoms with Crippen LogP contribution in [-0.4, -0.2) is 42.6 Å². The van der Waals surface area contributed by atoms with E-state index in [-0.39, 0.29) is 23.6 Å². The van der Waals surface area contributed by atoms with Gasteiger partial charge in [-0.05, 0) is 18.9 Å². The summed E-state index contributed by atoms with van der Waals surface area (Å²) in [4.78, 5) is 18.7. The molecule has 0 spiro atoms. The fourth-order valence-corrected chi connectivity index (χ4v) is 4.26. The van der Waals surface area contributed by atoms with Crippen LogP contribution in [0.1, 0.15) is 29.0 Å². The highest BCUT2D eigenvalue weighted by Crippen LogP contribution is 2.34. The standard InChI is InChI=1S/C20H18FN5O/c21-17-11-22-9-8-16(17)20(27)26-14-6-7-15(26)12-25-18(10-14)23-24-19(25)13-4-2-1-3-5-13/h1-5,8-9,11,14-15H,6-7,10,12H2/t14-,15+/m0/s1. The molecule has 2 aliphatic rings. The molecule has 1 saturated heterocycles. The zero-order chi connectivity index (χ0) is 18.4. The number of aromatic nitrogens is 4. The van der Waals surface area contributed by atoms with E-state index in [0.29, 0.717) is 13.0 Å². The Balaban J connectivity index is 1.51. The molecule has 6 nitrogen and oxygen atoms in total. The Kier molecular flexibility index (Phi) is 3.74. The van der Waals surface area contributed by atoms with Crippen LogP contribution in [0.5, 0.6) is 0 Å². The molecule has 0 saturated carbocycles. The summed E-state index contributed by atoms with van der Waals surface area (Å²) in [5.74, 6) is 0.868. The first-order valence-corrected chi connectivity index (χ1v) is 9.12. The number of nitrogens with zero attached hydrogens (tertiary/aromatic N) is 5. The van der Waals surface area contributed by atoms with Gasteiger partial charge in [0.05, 0.1) is 17.8 Å². The van der Waals surface area contributed by atoms with Gasteiger partial charge in [0.2, 0.25) is 0 Å². The van der Waals surface area contributed by atoms with E-state index >= 15 is 0 Å². The van der Waals surface area contributed by atoms with Crippen molar-refractivity contribution < 1.29 is 9.18 Å². The Labute approximate surface area is 155 Å². The van der Waals surface area contributed by atoms with Crippen LogP contribution in [0.3, 0.4) is 0 Å². The Morgan fingerprint density at radius 1 is 1.07 bits per heavy atom. The Bertz CT molecular complexity index is 1000. The van der Waals surface area contributed by atoms with E-state index in [9.17, 15) is 9.18 Å². The quantitative estimate of drug-likeness (QED) is 0.702. The van der Waals surface area contributed by atoms with E-state index in [0.717, 1.165) is 36.3 Å². The summed E-state index contributed by atoms with van der Waals surface area (Å²) >= 11 is 0. The number of hydrogen-bond acceptors (Lipinski definition) is 4. The van der Waals surface area contributed by atoms with Crippen LogP contribution < -0.4 is 0 Å². The van der Waals surface area contributed by atoms with Gasteiger partial charge in [-0.3, -0.25) is 9.78 Å². The van der Waals surface area contributed by atoms with Crippen LogP contribution in [0.25, 0.3) is 11.4 Å². The third-order valence-electron chi connectivity index (χ3n) is 5.53. The van der Waals surface area contributed by atoms with Crippen LogP contribution in [0.2, 0.25) is 0 Å². The summed E-state index contributed by atoms with van der Waals surface area (Å²) in [7, 11) is 0. The second-order valence-corrected chi connectivity index (χ2v) is 7.07. The smallest absolute Gasteiger partial charge is 0.257 e. The minimum absolute atomic E-state index is 0.00905. The van der Waals surface area contributed by atoms with Gasteiger partial charge in [0.25, 0.3) is 5.91 Å². The molecule has 2 bridgehead atoms. The van der Waals surface area contributed by atoms with Crippen molar-refractivity contribution in [2.24, 2.45) is 0 Å². The number of hydrogen-bond donors (Lipinski definition) is 0. The zero-order valence-corrected chi connectivity index (χ0v) is 14.6. The molecule has 0 unspecified atom stereocenters. The van der Waals surface area contributed by atoms with E-state index in [1.165, 1.54) is 12.3 Å². The van der Waals surface area contributed by atoms with E-state index in [2.05, 4.69) is 19.7 Å². The lowest BCUT2D eigenvalue weighted by Crippen LogP contribution is -2.42. The van der Waals surface area contributed by atoms with Crippen molar-refractivity contribution in [3.63, 3.8) is 0 Å². The highest BCUT2D eigenvalue weighted by Gasteiger charge is 2.42. The number of fused-ring (bicyclic) bond motifs is 3. The van der Waals surface area contributed by atoms with Crippen LogP contribution in [0.4, 0.5) is 4.39 Å². The first kappa shape index (κ1) is 16.1. The number of halogens is 1. The monoisotopic (exact) mass is 363 g/mol. The van der Waals surface area contributed by atoms with Crippen molar-refractivity contribution in [3.05, 3.63) is 66.0 Å². The maximum atomic E-state index is 14.1. The molecular formula is C20H18FN5O. The van der Waals surface area contributed by atoms with Crippen molar-refractivity contribution in [1.82, 2.24) is 24.6 Å². The lowest BCUT2D eigenvalue weighted by atomic mass is 10.1. The molecule has 2 aliphatic heterocycles. The molecule has 27 heavy (non-hydrogen) atoms. The van der Waals surface area contributed by atoms with Gasteiger partial charge in [0.15, 0.2) is 11.6 Å². The normalized spacial score (nSPS) is 21.0. The van der Waals surface area contributed by atoms with Crippen molar-refractivity contribution >= 4 is 5.91 Å². The number of pyridine rings is 1. The van der Waals surface area contributed by atoms with Crippen LogP contribution in [-0.2, 0) is 13.0 Å². The highest BCUT2D eigenvalue weighted by molar-refractivity contribution is 5.95. The summed E-state index contributed by atoms with van der Waals surface area (Å²) in [5.41, 5.74) is 1.09. The summed E-state index contributed by atoms with van der Waals surface area (Å²) < 4.78 is 16.2. The van der Waals surface area contributed by atoms with Crippen molar-refractivity contribution in [2.75, 3.05) is 0 Å². The van der Waals surface area contributed by atoms with Gasteiger partial charge in [-0.1, -0.05) is 30.3 Å². The molecule has 2 aromatic heterocycles. The molecule has 5 rings (SSSR count). The van der Waals surface area contributed by atoms with Gasteiger partial charge in [-0.2, -0.15) is 0 Å². The molecule has 1 fully saturated rings. The molecule has 0 N–H and O–H groups in total. The molecule has 1 amide bonds. The van der Waals surface area contributed by atoms with Gasteiger partial charge in [0, 0.05) is 30.8 Å². The fourth-order valence-electron chi connectivity index (χ4n) is 4.26. The topological polar surface area (TPSA) is 63.9 Å². The third kappa shape index (κ3) is 2.61. The largest absolute Gasteiger partial charge is 0.330 e. The number of carbonyl (C=O) groups excluding carboxylic acids is 1. The highest BCUT2D eigenvalue weighted by atomic mass is 19.1. The van der Waals surface area contributed by atoms with Gasteiger partial charge in [-0.15, -0.1) is 10.2 Å². The SMILES string of the molecule is O=C(c1ccncc1F)N1[C@@H]2CC[C@H]1Cc1nnc(-c3ccccc3)n1C2. The van der Waals surface area contributed by atoms with Crippen LogP contribution in [0, 0.1) is 5.82 Å². The minimum Gasteiger partial charge on any atom is -0.330 e. The molecule has 2 atom stereocenters. The van der Waals surface area contributed by atoms with E-state index in [4.69, 9.17) is 0 Å².